The monoisotopic (exact) mass is 347 g/mol. The molecule has 0 fully saturated rings. The summed E-state index contributed by atoms with van der Waals surface area (Å²) in [5.41, 5.74) is 1.34. The smallest absolute Gasteiger partial charge is 0.310 e. The number of esters is 1. The third-order valence-corrected chi connectivity index (χ3v) is 3.29. The molecule has 126 valence electrons. The molecule has 2 aromatic carbocycles. The van der Waals surface area contributed by atoms with E-state index in [9.17, 15) is 9.59 Å². The normalized spacial score (nSPS) is 10.1. The van der Waals surface area contributed by atoms with Gasteiger partial charge in [-0.15, -0.1) is 0 Å². The lowest BCUT2D eigenvalue weighted by molar-refractivity contribution is -0.146. The first-order chi connectivity index (χ1) is 11.6. The molecule has 0 unspecified atom stereocenters. The van der Waals surface area contributed by atoms with E-state index in [1.165, 1.54) is 0 Å². The summed E-state index contributed by atoms with van der Waals surface area (Å²) < 4.78 is 10.3. The quantitative estimate of drug-likeness (QED) is 0.779. The zero-order valence-electron chi connectivity index (χ0n) is 13.3. The Bertz CT molecular complexity index is 700. The van der Waals surface area contributed by atoms with Crippen LogP contribution in [0.1, 0.15) is 12.5 Å². The van der Waals surface area contributed by atoms with Gasteiger partial charge < -0.3 is 14.8 Å². The molecule has 0 radical (unpaired) electrons. The Morgan fingerprint density at radius 3 is 2.54 bits per heavy atom. The first-order valence-electron chi connectivity index (χ1n) is 7.49. The van der Waals surface area contributed by atoms with Gasteiger partial charge in [0, 0.05) is 10.7 Å². The molecule has 0 aliphatic rings. The molecule has 0 saturated heterocycles. The Labute approximate surface area is 145 Å². The van der Waals surface area contributed by atoms with E-state index in [4.69, 9.17) is 21.1 Å². The number of nitrogens with one attached hydrogen (secondary N) is 1. The SMILES string of the molecule is CCOc1ccc(CC(=O)OCC(=O)Nc2cccc(Cl)c2)cc1. The summed E-state index contributed by atoms with van der Waals surface area (Å²) in [6.45, 7) is 2.14. The second kappa shape index (κ2) is 8.93. The van der Waals surface area contributed by atoms with Gasteiger partial charge >= 0.3 is 5.97 Å². The van der Waals surface area contributed by atoms with E-state index in [0.29, 0.717) is 17.3 Å². The predicted molar refractivity (Wildman–Crippen MR) is 92.4 cm³/mol. The van der Waals surface area contributed by atoms with Gasteiger partial charge in [-0.25, -0.2) is 0 Å². The summed E-state index contributed by atoms with van der Waals surface area (Å²) in [5, 5.41) is 3.12. The number of hydrogen-bond acceptors (Lipinski definition) is 4. The van der Waals surface area contributed by atoms with Crippen molar-refractivity contribution < 1.29 is 19.1 Å². The van der Waals surface area contributed by atoms with Crippen molar-refractivity contribution in [1.82, 2.24) is 0 Å². The maximum atomic E-state index is 11.8. The number of anilines is 1. The highest BCUT2D eigenvalue weighted by Gasteiger charge is 2.09. The minimum absolute atomic E-state index is 0.0941. The van der Waals surface area contributed by atoms with Crippen molar-refractivity contribution in [1.29, 1.82) is 0 Å². The fraction of sp³-hybridized carbons (Fsp3) is 0.222. The van der Waals surface area contributed by atoms with Gasteiger partial charge in [-0.2, -0.15) is 0 Å². The predicted octanol–water partition coefficient (Wildman–Crippen LogP) is 3.46. The van der Waals surface area contributed by atoms with Gasteiger partial charge in [0.1, 0.15) is 5.75 Å². The maximum absolute atomic E-state index is 11.8. The van der Waals surface area contributed by atoms with Crippen LogP contribution in [0, 0.1) is 0 Å². The molecule has 2 rings (SSSR count). The molecule has 6 heteroatoms. The molecule has 0 atom stereocenters. The lowest BCUT2D eigenvalue weighted by atomic mass is 10.1. The highest BCUT2D eigenvalue weighted by molar-refractivity contribution is 6.30. The van der Waals surface area contributed by atoms with Crippen LogP contribution >= 0.6 is 11.6 Å². The molecular weight excluding hydrogens is 330 g/mol. The van der Waals surface area contributed by atoms with Gasteiger partial charge in [-0.1, -0.05) is 29.8 Å². The molecule has 1 N–H and O–H groups in total. The zero-order chi connectivity index (χ0) is 17.4. The standard InChI is InChI=1S/C18H18ClNO4/c1-2-23-16-8-6-13(7-9-16)10-18(22)24-12-17(21)20-15-5-3-4-14(19)11-15/h3-9,11H,2,10,12H2,1H3,(H,20,21). The molecule has 0 bridgehead atoms. The number of carbonyl (C=O) groups is 2. The van der Waals surface area contributed by atoms with Crippen LogP contribution in [-0.2, 0) is 20.7 Å². The molecule has 0 saturated carbocycles. The summed E-state index contributed by atoms with van der Waals surface area (Å²) in [6.07, 6.45) is 0.0941. The van der Waals surface area contributed by atoms with E-state index in [2.05, 4.69) is 5.32 Å². The number of amides is 1. The minimum Gasteiger partial charge on any atom is -0.494 e. The molecule has 1 amide bonds. The number of ether oxygens (including phenoxy) is 2. The first-order valence-corrected chi connectivity index (χ1v) is 7.87. The van der Waals surface area contributed by atoms with Gasteiger partial charge in [0.15, 0.2) is 6.61 Å². The van der Waals surface area contributed by atoms with Gasteiger partial charge in [0.2, 0.25) is 0 Å². The highest BCUT2D eigenvalue weighted by Crippen LogP contribution is 2.15. The Morgan fingerprint density at radius 2 is 1.88 bits per heavy atom. The Morgan fingerprint density at radius 1 is 1.12 bits per heavy atom. The van der Waals surface area contributed by atoms with E-state index in [-0.39, 0.29) is 13.0 Å². The molecular formula is C18H18ClNO4. The number of rotatable bonds is 7. The lowest BCUT2D eigenvalue weighted by Gasteiger charge is -2.07. The highest BCUT2D eigenvalue weighted by atomic mass is 35.5. The second-order valence-electron chi connectivity index (χ2n) is 4.97. The van der Waals surface area contributed by atoms with E-state index < -0.39 is 11.9 Å². The number of carbonyl (C=O) groups excluding carboxylic acids is 2. The minimum atomic E-state index is -0.472. The topological polar surface area (TPSA) is 64.6 Å². The molecule has 0 spiro atoms. The molecule has 0 aromatic heterocycles. The van der Waals surface area contributed by atoms with Crippen LogP contribution in [-0.4, -0.2) is 25.1 Å². The molecule has 24 heavy (non-hydrogen) atoms. The van der Waals surface area contributed by atoms with Crippen molar-refractivity contribution in [3.8, 4) is 5.75 Å². The zero-order valence-corrected chi connectivity index (χ0v) is 14.0. The molecule has 0 aliphatic heterocycles. The Kier molecular flexibility index (Phi) is 6.63. The van der Waals surface area contributed by atoms with Gasteiger partial charge in [-0.05, 0) is 42.8 Å². The van der Waals surface area contributed by atoms with Crippen molar-refractivity contribution in [2.75, 3.05) is 18.5 Å². The number of hydrogen-bond donors (Lipinski definition) is 1. The van der Waals surface area contributed by atoms with Crippen LogP contribution in [0.25, 0.3) is 0 Å². The van der Waals surface area contributed by atoms with E-state index in [0.717, 1.165) is 11.3 Å². The van der Waals surface area contributed by atoms with Crippen LogP contribution in [0.5, 0.6) is 5.75 Å². The fourth-order valence-electron chi connectivity index (χ4n) is 2.00. The number of benzene rings is 2. The summed E-state index contributed by atoms with van der Waals surface area (Å²) in [4.78, 5) is 23.5. The van der Waals surface area contributed by atoms with Crippen molar-refractivity contribution in [3.63, 3.8) is 0 Å². The summed E-state index contributed by atoms with van der Waals surface area (Å²) in [6, 6.07) is 13.9. The van der Waals surface area contributed by atoms with E-state index >= 15 is 0 Å². The number of halogens is 1. The van der Waals surface area contributed by atoms with Crippen LogP contribution in [0.4, 0.5) is 5.69 Å². The average Bonchev–Trinajstić information content (AvgIpc) is 2.55. The van der Waals surface area contributed by atoms with Gasteiger partial charge in [0.05, 0.1) is 13.0 Å². The fourth-order valence-corrected chi connectivity index (χ4v) is 2.19. The largest absolute Gasteiger partial charge is 0.494 e. The molecule has 5 nitrogen and oxygen atoms in total. The van der Waals surface area contributed by atoms with E-state index in [1.54, 1.807) is 48.5 Å². The third-order valence-electron chi connectivity index (χ3n) is 3.06. The third kappa shape index (κ3) is 5.93. The average molecular weight is 348 g/mol. The van der Waals surface area contributed by atoms with E-state index in [1.807, 2.05) is 6.92 Å². The van der Waals surface area contributed by atoms with Crippen molar-refractivity contribution in [3.05, 3.63) is 59.1 Å². The lowest BCUT2D eigenvalue weighted by Crippen LogP contribution is -2.21. The van der Waals surface area contributed by atoms with Crippen LogP contribution < -0.4 is 10.1 Å². The first kappa shape index (κ1) is 17.8. The summed E-state index contributed by atoms with van der Waals surface area (Å²) in [7, 11) is 0. The maximum Gasteiger partial charge on any atom is 0.310 e. The van der Waals surface area contributed by atoms with Crippen LogP contribution in [0.3, 0.4) is 0 Å². The Hall–Kier alpha value is -2.53. The van der Waals surface area contributed by atoms with Crippen LogP contribution in [0.15, 0.2) is 48.5 Å². The summed E-state index contributed by atoms with van der Waals surface area (Å²) in [5.74, 6) is -0.145. The molecule has 0 heterocycles. The van der Waals surface area contributed by atoms with Crippen molar-refractivity contribution in [2.45, 2.75) is 13.3 Å². The van der Waals surface area contributed by atoms with Crippen molar-refractivity contribution in [2.24, 2.45) is 0 Å². The van der Waals surface area contributed by atoms with Gasteiger partial charge in [-0.3, -0.25) is 9.59 Å². The molecule has 2 aromatic rings. The van der Waals surface area contributed by atoms with Gasteiger partial charge in [0.25, 0.3) is 5.91 Å². The molecule has 0 aliphatic carbocycles. The van der Waals surface area contributed by atoms with Crippen LogP contribution in [0.2, 0.25) is 5.02 Å². The Balaban J connectivity index is 1.77. The second-order valence-corrected chi connectivity index (χ2v) is 5.41. The summed E-state index contributed by atoms with van der Waals surface area (Å²) >= 11 is 5.83. The van der Waals surface area contributed by atoms with Crippen molar-refractivity contribution >= 4 is 29.2 Å².